The third-order valence-corrected chi connectivity index (χ3v) is 17.0. The lowest BCUT2D eigenvalue weighted by molar-refractivity contribution is -0.176. The topological polar surface area (TPSA) is 318 Å². The number of anilines is 1. The van der Waals surface area contributed by atoms with Crippen molar-refractivity contribution in [1.82, 2.24) is 36.4 Å². The van der Waals surface area contributed by atoms with Crippen LogP contribution in [-0.2, 0) is 63.8 Å². The summed E-state index contributed by atoms with van der Waals surface area (Å²) < 4.78 is 22.8. The fraction of sp³-hybridized carbons (Fsp3) is 0.655. The number of thioether (sulfide) groups is 1. The zero-order valence-electron chi connectivity index (χ0n) is 50.6. The number of fused-ring (bicyclic) bond motifs is 4. The number of carbonyl (C=O) groups excluding carboxylic acids is 10. The van der Waals surface area contributed by atoms with Crippen LogP contribution in [0.4, 0.5) is 10.5 Å². The lowest BCUT2D eigenvalue weighted by atomic mass is 9.81. The van der Waals surface area contributed by atoms with Gasteiger partial charge in [-0.15, -0.1) is 11.8 Å². The molecule has 27 heteroatoms. The van der Waals surface area contributed by atoms with Crippen molar-refractivity contribution in [3.05, 3.63) is 46.5 Å². The van der Waals surface area contributed by atoms with E-state index in [2.05, 4.69) is 39.2 Å². The van der Waals surface area contributed by atoms with Crippen molar-refractivity contribution < 1.29 is 77.1 Å². The minimum atomic E-state index is -1.96. The van der Waals surface area contributed by atoms with E-state index in [1.165, 1.54) is 89.4 Å². The van der Waals surface area contributed by atoms with Gasteiger partial charge >= 0.3 is 12.1 Å². The molecule has 24 nitrogen and oxygen atoms in total. The number of ether oxygens (including phenoxy) is 4. The van der Waals surface area contributed by atoms with Crippen molar-refractivity contribution in [2.24, 2.45) is 5.92 Å². The summed E-state index contributed by atoms with van der Waals surface area (Å²) in [5.41, 5.74) is -1.97. The number of nitrogens with one attached hydrogen (secondary N) is 5. The molecule has 4 rings (SSSR count). The summed E-state index contributed by atoms with van der Waals surface area (Å²) in [4.78, 5) is 133. The highest BCUT2D eigenvalue weighted by atomic mass is 35.5. The Morgan fingerprint density at radius 3 is 2.16 bits per heavy atom. The summed E-state index contributed by atoms with van der Waals surface area (Å²) >= 11 is 12.3. The van der Waals surface area contributed by atoms with Crippen LogP contribution in [0.3, 0.4) is 0 Å². The number of likely N-dealkylation sites (N-methyl/N-ethyl adjacent to an activating group) is 1. The first-order valence-corrected chi connectivity index (χ1v) is 30.7. The molecule has 0 radical (unpaired) electrons. The van der Waals surface area contributed by atoms with Gasteiger partial charge in [0.2, 0.25) is 47.3 Å². The second kappa shape index (κ2) is 33.3. The predicted molar refractivity (Wildman–Crippen MR) is 322 cm³/mol. The molecule has 0 aromatic heterocycles. The number of esters is 1. The lowest BCUT2D eigenvalue weighted by Crippen LogP contribution is -2.63. The van der Waals surface area contributed by atoms with E-state index in [4.69, 9.17) is 30.5 Å². The van der Waals surface area contributed by atoms with Gasteiger partial charge in [0.05, 0.1) is 35.9 Å². The quantitative estimate of drug-likeness (QED) is 0.0226. The van der Waals surface area contributed by atoms with Crippen LogP contribution in [0, 0.1) is 5.92 Å². The summed E-state index contributed by atoms with van der Waals surface area (Å²) in [5.74, 6) is -3.95. The van der Waals surface area contributed by atoms with E-state index >= 15 is 0 Å². The van der Waals surface area contributed by atoms with Gasteiger partial charge in [0, 0.05) is 53.4 Å². The number of hydrogen-bond donors (Lipinski definition) is 8. The first-order chi connectivity index (χ1) is 39.9. The fourth-order valence-electron chi connectivity index (χ4n) is 9.86. The molecular weight excluding hydrogens is 1160 g/mol. The summed E-state index contributed by atoms with van der Waals surface area (Å²) in [6.45, 7) is 11.1. The number of thiol groups is 1. The largest absolute Gasteiger partial charge is 0.495 e. The van der Waals surface area contributed by atoms with Gasteiger partial charge in [-0.3, -0.25) is 48.6 Å². The van der Waals surface area contributed by atoms with Gasteiger partial charge < -0.3 is 60.2 Å². The van der Waals surface area contributed by atoms with Gasteiger partial charge in [0.25, 0.3) is 0 Å². The monoisotopic (exact) mass is 1250 g/mol. The molecule has 1 aromatic rings. The molecule has 0 spiro atoms. The number of hydrogen-bond acceptors (Lipinski definition) is 18. The van der Waals surface area contributed by atoms with E-state index in [9.17, 15) is 58.2 Å². The molecule has 0 saturated carbocycles. The van der Waals surface area contributed by atoms with Crippen LogP contribution >= 0.6 is 36.0 Å². The highest BCUT2D eigenvalue weighted by molar-refractivity contribution is 7.99. The fourth-order valence-corrected chi connectivity index (χ4v) is 11.3. The van der Waals surface area contributed by atoms with E-state index in [0.29, 0.717) is 62.1 Å². The van der Waals surface area contributed by atoms with Crippen molar-refractivity contribution in [1.29, 1.82) is 0 Å². The van der Waals surface area contributed by atoms with E-state index in [0.717, 1.165) is 11.1 Å². The summed E-state index contributed by atoms with van der Waals surface area (Å²) in [6, 6.07) is -0.586. The van der Waals surface area contributed by atoms with Crippen molar-refractivity contribution >= 4 is 101 Å². The molecule has 3 aliphatic rings. The Morgan fingerprint density at radius 2 is 1.53 bits per heavy atom. The zero-order chi connectivity index (χ0) is 63.5. The molecule has 0 aliphatic carbocycles. The number of alkyl carbamates (subject to hydrolysis) is 1. The molecule has 11 atom stereocenters. The smallest absolute Gasteiger partial charge is 0.409 e. The standard InChI is InChI=1S/C58H87ClN8O16S2/c1-33-19-18-20-44(81-11)58(79)31-42(82-56(77)64-58)34(2)30-57(7,78)45(29-48(70)66(9)40-26-39(25-33)27-41(80-10)50(40)59)83-55(76)38(6)65(8)47(69)22-15-13-17-24-85-32-60-51(72)35(3)62-53(74)37(5)63-52(73)36(4)61-46(68)21-14-12-16-23-67-49(71)28-43(84)54(67)75/h18-20,26-27,34-38,42-45,78-79,84H,12-17,21-25,28-32H2,1-11H3,(H,60,72)(H,61,68)(H,62,74)(H,63,73)(H,64,77)/b20-18+,33-19+/t34-,35-,36-,37+,38-,42-,43?,44+,45-,57?,58-/m0/s1. The second-order valence-electron chi connectivity index (χ2n) is 22.4. The first kappa shape index (κ1) is 71.6. The van der Waals surface area contributed by atoms with Crippen molar-refractivity contribution in [2.45, 2.75) is 191 Å². The zero-order valence-corrected chi connectivity index (χ0v) is 53.0. The second-order valence-corrected chi connectivity index (χ2v) is 24.5. The number of allylic oxidation sites excluding steroid dienone is 3. The number of imide groups is 1. The number of benzene rings is 1. The maximum absolute atomic E-state index is 14.3. The number of likely N-dealkylation sites (tertiary alicyclic amines) is 1. The summed E-state index contributed by atoms with van der Waals surface area (Å²) in [7, 11) is 5.78. The highest BCUT2D eigenvalue weighted by Gasteiger charge is 2.49. The lowest BCUT2D eigenvalue weighted by Gasteiger charge is -2.43. The minimum absolute atomic E-state index is 0.0809. The van der Waals surface area contributed by atoms with Crippen LogP contribution in [0.25, 0.3) is 0 Å². The number of methoxy groups -OCH3 is 2. The molecule has 1 aromatic carbocycles. The average molecular weight is 1250 g/mol. The van der Waals surface area contributed by atoms with Gasteiger partial charge in [0.1, 0.15) is 53.3 Å². The Hall–Kier alpha value is -5.93. The molecule has 7 N–H and O–H groups in total. The maximum atomic E-state index is 14.3. The van der Waals surface area contributed by atoms with Gasteiger partial charge in [-0.1, -0.05) is 55.2 Å². The van der Waals surface area contributed by atoms with E-state index in [-0.39, 0.29) is 73.2 Å². The SMILES string of the molecule is COc1cc2cc(c1Cl)N(C)C(=O)C[C@H](OC(=O)[C@H](C)N(C)C(=O)CCCCCSCNC(=O)[C@H](C)NC(=O)[C@@H](C)NC(=O)[C@H](C)NC(=O)CCCCCN1C(=O)CC(S)C1=O)C(C)(O)C[C@H](C)[C@@H]1C[C@@](O)(NC(=O)O1)[C@H](OC)/C=C/C=C(\C)C2. The first-order valence-electron chi connectivity index (χ1n) is 28.6. The summed E-state index contributed by atoms with van der Waals surface area (Å²) in [6.07, 6.45) is 3.92. The Labute approximate surface area is 512 Å². The van der Waals surface area contributed by atoms with Crippen LogP contribution in [0.1, 0.15) is 131 Å². The molecule has 474 valence electrons. The molecule has 3 aliphatic heterocycles. The van der Waals surface area contributed by atoms with E-state index in [1.54, 1.807) is 31.2 Å². The normalized spacial score (nSPS) is 25.4. The molecule has 2 saturated heterocycles. The Bertz CT molecular complexity index is 2640. The number of carbonyl (C=O) groups is 10. The third kappa shape index (κ3) is 21.2. The summed E-state index contributed by atoms with van der Waals surface area (Å²) in [5, 5.41) is 36.5. The molecule has 2 fully saturated rings. The van der Waals surface area contributed by atoms with Crippen LogP contribution in [0.5, 0.6) is 5.75 Å². The van der Waals surface area contributed by atoms with Gasteiger partial charge in [-0.2, -0.15) is 12.6 Å². The number of amides is 9. The van der Waals surface area contributed by atoms with Gasteiger partial charge in [0.15, 0.2) is 5.72 Å². The van der Waals surface area contributed by atoms with Crippen molar-refractivity contribution in [3.8, 4) is 5.75 Å². The Kier molecular flexibility index (Phi) is 28.0. The van der Waals surface area contributed by atoms with E-state index < -0.39 is 107 Å². The molecule has 4 bridgehead atoms. The number of halogens is 1. The minimum Gasteiger partial charge on any atom is -0.495 e. The number of nitrogens with zero attached hydrogens (tertiary/aromatic N) is 3. The average Bonchev–Trinajstić information content (AvgIpc) is 2.92. The molecule has 3 heterocycles. The van der Waals surface area contributed by atoms with Crippen LogP contribution in [-0.4, -0.2) is 185 Å². The van der Waals surface area contributed by atoms with Crippen molar-refractivity contribution in [2.75, 3.05) is 51.4 Å². The molecule has 9 amide bonds. The van der Waals surface area contributed by atoms with Crippen LogP contribution < -0.4 is 36.2 Å². The van der Waals surface area contributed by atoms with Crippen molar-refractivity contribution in [3.63, 3.8) is 0 Å². The molecular formula is C58H87ClN8O16S2. The number of unbranched alkanes of at least 4 members (excludes halogenated alkanes) is 4. The van der Waals surface area contributed by atoms with E-state index in [1.807, 2.05) is 13.0 Å². The van der Waals surface area contributed by atoms with Crippen LogP contribution in [0.2, 0.25) is 5.02 Å². The maximum Gasteiger partial charge on any atom is 0.409 e. The number of aliphatic hydroxyl groups is 2. The Morgan fingerprint density at radius 1 is 0.894 bits per heavy atom. The third-order valence-electron chi connectivity index (χ3n) is 15.3. The van der Waals surface area contributed by atoms with Gasteiger partial charge in [-0.25, -0.2) is 9.59 Å². The predicted octanol–water partition coefficient (Wildman–Crippen LogP) is 4.00. The number of rotatable bonds is 25. The molecule has 2 unspecified atom stereocenters. The molecule has 85 heavy (non-hydrogen) atoms. The highest BCUT2D eigenvalue weighted by Crippen LogP contribution is 2.39. The van der Waals surface area contributed by atoms with Crippen LogP contribution in [0.15, 0.2) is 35.9 Å². The van der Waals surface area contributed by atoms with Gasteiger partial charge in [-0.05, 0) is 109 Å². The Balaban J connectivity index is 1.24.